The average Bonchev–Trinajstić information content (AvgIpc) is 3.40. The van der Waals surface area contributed by atoms with Crippen LogP contribution < -0.4 is 10.1 Å². The minimum atomic E-state index is 0.229. The quantitative estimate of drug-likeness (QED) is 0.115. The summed E-state index contributed by atoms with van der Waals surface area (Å²) in [5, 5.41) is 15.7. The van der Waals surface area contributed by atoms with Crippen LogP contribution in [0.5, 0.6) is 5.75 Å². The second-order valence-electron chi connectivity index (χ2n) is 9.72. The van der Waals surface area contributed by atoms with Crippen LogP contribution in [0.2, 0.25) is 0 Å². The zero-order valence-corrected chi connectivity index (χ0v) is 27.3. The number of hydrogen-bond acceptors (Lipinski definition) is 8. The number of fused-ring (bicyclic) bond motifs is 1. The van der Waals surface area contributed by atoms with Gasteiger partial charge in [0.25, 0.3) is 0 Å². The molecule has 0 saturated carbocycles. The van der Waals surface area contributed by atoms with Crippen LogP contribution in [0.25, 0.3) is 0 Å². The number of methoxy groups -OCH3 is 1. The Balaban J connectivity index is 0.000000396. The molecule has 0 saturated heterocycles. The molecule has 0 bridgehead atoms. The van der Waals surface area contributed by atoms with Gasteiger partial charge in [0.1, 0.15) is 11.5 Å². The van der Waals surface area contributed by atoms with E-state index in [2.05, 4.69) is 60.9 Å². The molecule has 0 radical (unpaired) electrons. The van der Waals surface area contributed by atoms with Crippen LogP contribution in [-0.4, -0.2) is 44.2 Å². The van der Waals surface area contributed by atoms with Gasteiger partial charge in [-0.05, 0) is 75.4 Å². The van der Waals surface area contributed by atoms with E-state index in [1.54, 1.807) is 30.2 Å². The lowest BCUT2D eigenvalue weighted by molar-refractivity contribution is 0.112. The molecule has 1 aliphatic carbocycles. The van der Waals surface area contributed by atoms with Crippen molar-refractivity contribution in [3.8, 4) is 5.75 Å². The monoisotopic (exact) mass is 607 g/mol. The first-order chi connectivity index (χ1) is 20.4. The largest absolute Gasteiger partial charge is 0.497 e. The Kier molecular flexibility index (Phi) is 15.9. The Bertz CT molecular complexity index is 1290. The number of aldehydes is 1. The van der Waals surface area contributed by atoms with Gasteiger partial charge in [0.2, 0.25) is 0 Å². The van der Waals surface area contributed by atoms with Gasteiger partial charge in [0.05, 0.1) is 21.9 Å². The van der Waals surface area contributed by atoms with Gasteiger partial charge in [0.15, 0.2) is 6.29 Å². The van der Waals surface area contributed by atoms with Crippen LogP contribution in [-0.2, 0) is 11.3 Å². The van der Waals surface area contributed by atoms with Crippen LogP contribution in [0.15, 0.2) is 82.4 Å². The second kappa shape index (κ2) is 19.1. The first-order valence-electron chi connectivity index (χ1n) is 14.2. The van der Waals surface area contributed by atoms with Crippen LogP contribution >= 0.6 is 23.1 Å². The number of benzene rings is 1. The summed E-state index contributed by atoms with van der Waals surface area (Å²) in [6, 6.07) is 8.08. The number of nitrogens with one attached hydrogen (secondary N) is 2. The van der Waals surface area contributed by atoms with Gasteiger partial charge in [-0.3, -0.25) is 4.79 Å². The summed E-state index contributed by atoms with van der Waals surface area (Å²) in [6.45, 7) is 13.1. The molecule has 1 atom stereocenters. The van der Waals surface area contributed by atoms with Crippen molar-refractivity contribution in [1.82, 2.24) is 5.32 Å². The molecule has 2 aliphatic rings. The van der Waals surface area contributed by atoms with Crippen molar-refractivity contribution < 1.29 is 14.4 Å². The summed E-state index contributed by atoms with van der Waals surface area (Å²) in [5.41, 5.74) is 6.31. The molecule has 42 heavy (non-hydrogen) atoms. The van der Waals surface area contributed by atoms with Gasteiger partial charge in [-0.25, -0.2) is 0 Å². The number of hydrogen-bond donors (Lipinski definition) is 2. The standard InChI is InChI=1S/C24H27NO2S2.C8H14N2O.C2H4/c1-4-6-7-16(5-2)15-28-24-23-20(22(14-26)29-24)12-18(13-21(23)25)17-8-10-19(27-3)11-9-17;1-7-3-4-8(11-10-7)5-6-9-2;1-2/h4,6-11,14,18,25H,5,12-13,15H2,1-3H3;4,9H,3,5-6H2,1-2H3;1-2H2/b6-4-,16-7+,25-21?;;. The van der Waals surface area contributed by atoms with Gasteiger partial charge in [0, 0.05) is 36.4 Å². The van der Waals surface area contributed by atoms with Crippen molar-refractivity contribution in [2.24, 2.45) is 5.16 Å². The fourth-order valence-electron chi connectivity index (χ4n) is 4.47. The Labute approximate surface area is 260 Å². The number of oxime groups is 1. The molecule has 226 valence electrons. The average molecular weight is 608 g/mol. The highest BCUT2D eigenvalue weighted by atomic mass is 32.2. The highest BCUT2D eigenvalue weighted by molar-refractivity contribution is 8.01. The summed E-state index contributed by atoms with van der Waals surface area (Å²) in [5.74, 6) is 2.93. The molecule has 4 rings (SSSR count). The van der Waals surface area contributed by atoms with Gasteiger partial charge in [-0.2, -0.15) is 0 Å². The number of nitrogens with zero attached hydrogens (tertiary/aromatic N) is 1. The van der Waals surface area contributed by atoms with Gasteiger partial charge in [-0.15, -0.1) is 36.3 Å². The minimum Gasteiger partial charge on any atom is -0.497 e. The smallest absolute Gasteiger partial charge is 0.160 e. The summed E-state index contributed by atoms with van der Waals surface area (Å²) in [4.78, 5) is 17.6. The lowest BCUT2D eigenvalue weighted by Crippen LogP contribution is -2.18. The maximum Gasteiger partial charge on any atom is 0.160 e. The fourth-order valence-corrected chi connectivity index (χ4v) is 7.06. The number of carbonyl (C=O) groups is 1. The van der Waals surface area contributed by atoms with E-state index in [1.165, 1.54) is 11.1 Å². The van der Waals surface area contributed by atoms with Crippen molar-refractivity contribution in [1.29, 1.82) is 5.41 Å². The summed E-state index contributed by atoms with van der Waals surface area (Å²) < 4.78 is 6.37. The molecule has 0 amide bonds. The molecule has 1 unspecified atom stereocenters. The predicted octanol–water partition coefficient (Wildman–Crippen LogP) is 8.75. The van der Waals surface area contributed by atoms with Crippen LogP contribution in [0.1, 0.15) is 78.7 Å². The van der Waals surface area contributed by atoms with E-state index in [0.717, 1.165) is 81.7 Å². The number of allylic oxidation sites excluding steroid dienone is 4. The first-order valence-corrected chi connectivity index (χ1v) is 16.0. The Morgan fingerprint density at radius 2 is 2.02 bits per heavy atom. The van der Waals surface area contributed by atoms with Crippen LogP contribution in [0.3, 0.4) is 0 Å². The molecular weight excluding hydrogens is 563 g/mol. The number of rotatable bonds is 11. The molecule has 6 nitrogen and oxygen atoms in total. The maximum atomic E-state index is 11.8. The number of thioether (sulfide) groups is 1. The third-order valence-corrected chi connectivity index (χ3v) is 9.37. The molecule has 2 N–H and O–H groups in total. The van der Waals surface area contributed by atoms with Gasteiger partial charge >= 0.3 is 0 Å². The van der Waals surface area contributed by atoms with Crippen LogP contribution in [0, 0.1) is 5.41 Å². The SMILES string of the molecule is C/C=C\C=C(/CC)CSc1sc(C=O)c2c1C(=N)CC(c1ccc(OC)cc1)C2.C=C.CNCCC1=CCC(C)=NO1. The Morgan fingerprint density at radius 1 is 1.29 bits per heavy atom. The molecule has 2 aromatic rings. The topological polar surface area (TPSA) is 83.8 Å². The van der Waals surface area contributed by atoms with Crippen molar-refractivity contribution in [2.45, 2.75) is 63.0 Å². The van der Waals surface area contributed by atoms with E-state index < -0.39 is 0 Å². The predicted molar refractivity (Wildman–Crippen MR) is 181 cm³/mol. The van der Waals surface area contributed by atoms with E-state index in [0.29, 0.717) is 12.1 Å². The van der Waals surface area contributed by atoms with Crippen LogP contribution in [0.4, 0.5) is 0 Å². The lowest BCUT2D eigenvalue weighted by atomic mass is 9.80. The minimum absolute atomic E-state index is 0.229. The number of ether oxygens (including phenoxy) is 1. The Hall–Kier alpha value is -3.20. The lowest BCUT2D eigenvalue weighted by Gasteiger charge is -2.25. The molecule has 0 fully saturated rings. The number of carbonyl (C=O) groups excluding carboxylic acids is 1. The van der Waals surface area contributed by atoms with E-state index in [1.807, 2.05) is 39.1 Å². The third-order valence-electron chi connectivity index (χ3n) is 6.84. The third kappa shape index (κ3) is 10.3. The van der Waals surface area contributed by atoms with E-state index >= 15 is 0 Å². The van der Waals surface area contributed by atoms with E-state index in [9.17, 15) is 4.79 Å². The molecule has 0 spiro atoms. The normalized spacial score (nSPS) is 16.2. The van der Waals surface area contributed by atoms with Crippen molar-refractivity contribution in [2.75, 3.05) is 26.5 Å². The zero-order valence-electron chi connectivity index (χ0n) is 25.6. The highest BCUT2D eigenvalue weighted by Crippen LogP contribution is 2.44. The Morgan fingerprint density at radius 3 is 2.60 bits per heavy atom. The molecule has 8 heteroatoms. The summed E-state index contributed by atoms with van der Waals surface area (Å²) in [6.07, 6.45) is 13.7. The number of thiophene rings is 1. The molecular formula is C34H45N3O3S2. The maximum absolute atomic E-state index is 11.8. The van der Waals surface area contributed by atoms with Gasteiger partial charge < -0.3 is 20.3 Å². The zero-order chi connectivity index (χ0) is 30.9. The first kappa shape index (κ1) is 35.0. The molecule has 1 aromatic heterocycles. The summed E-state index contributed by atoms with van der Waals surface area (Å²) >= 11 is 3.31. The fraction of sp³-hybridized carbons (Fsp3) is 0.382. The molecule has 1 aliphatic heterocycles. The van der Waals surface area contributed by atoms with E-state index in [4.69, 9.17) is 15.0 Å². The van der Waals surface area contributed by atoms with Gasteiger partial charge in [-0.1, -0.05) is 48.0 Å². The summed E-state index contributed by atoms with van der Waals surface area (Å²) in [7, 11) is 3.59. The van der Waals surface area contributed by atoms with Crippen molar-refractivity contribution >= 4 is 40.8 Å². The van der Waals surface area contributed by atoms with E-state index in [-0.39, 0.29) is 5.92 Å². The second-order valence-corrected chi connectivity index (χ2v) is 12.0. The highest BCUT2D eigenvalue weighted by Gasteiger charge is 2.30. The van der Waals surface area contributed by atoms with Crippen molar-refractivity contribution in [3.05, 3.63) is 94.6 Å². The molecule has 1 aromatic carbocycles. The molecule has 2 heterocycles. The van der Waals surface area contributed by atoms with Crippen molar-refractivity contribution in [3.63, 3.8) is 0 Å².